The maximum absolute atomic E-state index is 13.6. The first-order valence-electron chi connectivity index (χ1n) is 17.7. The zero-order valence-electron chi connectivity index (χ0n) is 27.1. The molecule has 8 aliphatic rings. The fourth-order valence-electron chi connectivity index (χ4n) is 11.9. The normalized spacial score (nSPS) is 36.3. The van der Waals surface area contributed by atoms with Crippen LogP contribution in [0.25, 0.3) is 0 Å². The van der Waals surface area contributed by atoms with Crippen LogP contribution in [-0.4, -0.2) is 78.0 Å². The molecule has 4 fully saturated rings. The number of carbonyl (C=O) groups is 3. The first-order valence-corrected chi connectivity index (χ1v) is 17.7. The Morgan fingerprint density at radius 2 is 1.23 bits per heavy atom. The second-order valence-electron chi connectivity index (χ2n) is 15.2. The van der Waals surface area contributed by atoms with Gasteiger partial charge in [-0.2, -0.15) is 0 Å². The van der Waals surface area contributed by atoms with Crippen LogP contribution in [0.3, 0.4) is 0 Å². The molecule has 9 nitrogen and oxygen atoms in total. The van der Waals surface area contributed by atoms with Crippen LogP contribution in [0, 0.1) is 11.8 Å². The molecule has 248 valence electrons. The van der Waals surface area contributed by atoms with E-state index in [4.69, 9.17) is 18.9 Å². The van der Waals surface area contributed by atoms with Gasteiger partial charge in [0.25, 0.3) is 0 Å². The van der Waals surface area contributed by atoms with Crippen molar-refractivity contribution in [2.45, 2.75) is 86.5 Å². The Labute approximate surface area is 279 Å². The van der Waals surface area contributed by atoms with E-state index in [0.717, 1.165) is 87.0 Å². The number of hydrogen-bond donors (Lipinski definition) is 0. The maximum atomic E-state index is 13.6. The van der Waals surface area contributed by atoms with Crippen molar-refractivity contribution in [3.8, 4) is 23.0 Å². The summed E-state index contributed by atoms with van der Waals surface area (Å²) >= 11 is 0. The molecular formula is C39H40N2O7. The van der Waals surface area contributed by atoms with Crippen LogP contribution in [0.2, 0.25) is 0 Å². The van der Waals surface area contributed by atoms with Gasteiger partial charge in [0.2, 0.25) is 0 Å². The van der Waals surface area contributed by atoms with Gasteiger partial charge in [-0.3, -0.25) is 19.4 Å². The average molecular weight is 649 g/mol. The Morgan fingerprint density at radius 1 is 0.771 bits per heavy atom. The number of rotatable bonds is 6. The molecule has 0 aromatic heterocycles. The Hall–Kier alpha value is -3.95. The van der Waals surface area contributed by atoms with Crippen LogP contribution in [0.5, 0.6) is 23.0 Å². The molecule has 4 bridgehead atoms. The van der Waals surface area contributed by atoms with Gasteiger partial charge >= 0.3 is 6.16 Å². The molecule has 10 rings (SSSR count). The molecule has 0 radical (unpaired) electrons. The summed E-state index contributed by atoms with van der Waals surface area (Å²) in [5.74, 6) is 2.39. The molecule has 2 aromatic rings. The van der Waals surface area contributed by atoms with Gasteiger partial charge < -0.3 is 18.9 Å². The van der Waals surface area contributed by atoms with Gasteiger partial charge in [-0.05, 0) is 86.7 Å². The number of Topliss-reactive ketones (excluding diaryl/α,β-unsaturated/α-hetero) is 2. The van der Waals surface area contributed by atoms with E-state index in [2.05, 4.69) is 23.0 Å². The van der Waals surface area contributed by atoms with Crippen molar-refractivity contribution >= 4 is 17.7 Å². The predicted molar refractivity (Wildman–Crippen MR) is 175 cm³/mol. The summed E-state index contributed by atoms with van der Waals surface area (Å²) in [5, 5.41) is 0. The molecule has 2 saturated carbocycles. The maximum Gasteiger partial charge on any atom is 0.519 e. The fraction of sp³-hybridized carbons (Fsp3) is 0.513. The monoisotopic (exact) mass is 648 g/mol. The standard InChI is InChI=1S/C39H40N2O7/c1-3-15-40-17-13-38-23-7-9-27(42)35(38)47-33-29(11-5-21(31(33)38)19-25(23)40)45-37(44)46-30-12-6-22-20-26-24-8-10-28(43)36-39(24,32(22)34(30)48-36)14-18-41(26)16-4-2/h3-6,11-12,23-26,35-36H,1-2,7-10,13-20H2/t23-,24-,25+,26?,35-,36-,38-,39-/m0/s1. The van der Waals surface area contributed by atoms with Crippen molar-refractivity contribution in [3.63, 3.8) is 0 Å². The molecule has 2 saturated heterocycles. The summed E-state index contributed by atoms with van der Waals surface area (Å²) in [6, 6.07) is 8.25. The van der Waals surface area contributed by atoms with Crippen molar-refractivity contribution in [2.24, 2.45) is 11.8 Å². The van der Waals surface area contributed by atoms with Crippen LogP contribution in [-0.2, 0) is 33.3 Å². The minimum Gasteiger partial charge on any atom is -0.477 e. The molecule has 4 heterocycles. The molecule has 9 heteroatoms. The van der Waals surface area contributed by atoms with Crippen LogP contribution in [0.15, 0.2) is 49.6 Å². The number of ether oxygens (including phenoxy) is 4. The topological polar surface area (TPSA) is 94.6 Å². The highest BCUT2D eigenvalue weighted by molar-refractivity contribution is 5.90. The lowest BCUT2D eigenvalue weighted by molar-refractivity contribution is -0.139. The van der Waals surface area contributed by atoms with Crippen LogP contribution in [0.1, 0.15) is 60.8 Å². The fourth-order valence-corrected chi connectivity index (χ4v) is 11.9. The lowest BCUT2D eigenvalue weighted by Gasteiger charge is -2.57. The molecule has 8 atom stereocenters. The molecule has 1 unspecified atom stereocenters. The number of ketones is 2. The van der Waals surface area contributed by atoms with E-state index in [1.54, 1.807) is 12.1 Å². The zero-order valence-corrected chi connectivity index (χ0v) is 27.1. The van der Waals surface area contributed by atoms with Crippen molar-refractivity contribution < 1.29 is 33.3 Å². The van der Waals surface area contributed by atoms with Gasteiger partial charge in [-0.15, -0.1) is 13.2 Å². The van der Waals surface area contributed by atoms with Crippen molar-refractivity contribution in [1.29, 1.82) is 0 Å². The van der Waals surface area contributed by atoms with E-state index in [1.165, 1.54) is 0 Å². The zero-order chi connectivity index (χ0) is 32.5. The lowest BCUT2D eigenvalue weighted by Crippen LogP contribution is -2.66. The molecule has 4 aliphatic carbocycles. The molecule has 0 amide bonds. The van der Waals surface area contributed by atoms with Crippen LogP contribution >= 0.6 is 0 Å². The largest absolute Gasteiger partial charge is 0.519 e. The summed E-state index contributed by atoms with van der Waals surface area (Å²) in [6.07, 6.45) is 7.92. The number of benzene rings is 2. The Balaban J connectivity index is 0.979. The number of likely N-dealkylation sites (tertiary alicyclic amines) is 2. The summed E-state index contributed by atoms with van der Waals surface area (Å²) in [5.41, 5.74) is 3.61. The molecule has 2 aromatic carbocycles. The second-order valence-corrected chi connectivity index (χ2v) is 15.2. The summed E-state index contributed by atoms with van der Waals surface area (Å²) < 4.78 is 24.9. The van der Waals surface area contributed by atoms with Crippen molar-refractivity contribution in [3.05, 3.63) is 71.8 Å². The van der Waals surface area contributed by atoms with Crippen molar-refractivity contribution in [2.75, 3.05) is 26.2 Å². The van der Waals surface area contributed by atoms with Gasteiger partial charge in [0.15, 0.2) is 46.8 Å². The van der Waals surface area contributed by atoms with E-state index in [-0.39, 0.29) is 23.1 Å². The van der Waals surface area contributed by atoms with Gasteiger partial charge in [0.1, 0.15) is 0 Å². The van der Waals surface area contributed by atoms with Gasteiger partial charge in [0.05, 0.1) is 0 Å². The molecule has 4 aliphatic heterocycles. The third kappa shape index (κ3) is 3.51. The van der Waals surface area contributed by atoms with Crippen molar-refractivity contribution in [1.82, 2.24) is 9.80 Å². The first kappa shape index (κ1) is 29.0. The van der Waals surface area contributed by atoms with Gasteiger partial charge in [-0.25, -0.2) is 4.79 Å². The summed E-state index contributed by atoms with van der Waals surface area (Å²) in [7, 11) is 0. The van der Waals surface area contributed by atoms with Gasteiger partial charge in [0, 0.05) is 60.0 Å². The van der Waals surface area contributed by atoms with E-state index < -0.39 is 29.2 Å². The number of piperidine rings is 2. The quantitative estimate of drug-likeness (QED) is 0.248. The number of hydrogen-bond acceptors (Lipinski definition) is 9. The second kappa shape index (κ2) is 10.0. The van der Waals surface area contributed by atoms with E-state index in [0.29, 0.717) is 48.3 Å². The van der Waals surface area contributed by atoms with Crippen LogP contribution in [0.4, 0.5) is 4.79 Å². The third-order valence-electron chi connectivity index (χ3n) is 13.5. The highest BCUT2D eigenvalue weighted by Gasteiger charge is 2.67. The third-order valence-corrected chi connectivity index (χ3v) is 13.5. The molecular weight excluding hydrogens is 608 g/mol. The first-order chi connectivity index (χ1) is 23.4. The van der Waals surface area contributed by atoms with E-state index in [9.17, 15) is 14.4 Å². The summed E-state index contributed by atoms with van der Waals surface area (Å²) in [6.45, 7) is 11.3. The lowest BCUT2D eigenvalue weighted by atomic mass is 9.51. The average Bonchev–Trinajstić information content (AvgIpc) is 3.62. The highest BCUT2D eigenvalue weighted by atomic mass is 16.7. The Bertz CT molecular complexity index is 1710. The number of carbonyl (C=O) groups excluding carboxylic acids is 3. The summed E-state index contributed by atoms with van der Waals surface area (Å²) in [4.78, 5) is 45.4. The predicted octanol–water partition coefficient (Wildman–Crippen LogP) is 4.85. The van der Waals surface area contributed by atoms with E-state index in [1.807, 2.05) is 24.3 Å². The Morgan fingerprint density at radius 3 is 1.67 bits per heavy atom. The SMILES string of the molecule is C=CCN1CC[C@]23c4c5ccc(OC(=O)Oc6ccc7c8c6O[C@H]6C(=O)CC[C@H]9[C@@H](C7)N(CC=C)CC[C@]869)c4O[C@H]2C(=O)CC[C@H]3C1C5. The van der Waals surface area contributed by atoms with Gasteiger partial charge in [-0.1, -0.05) is 24.3 Å². The Kier molecular flexibility index (Phi) is 6.07. The minimum absolute atomic E-state index is 0.125. The smallest absolute Gasteiger partial charge is 0.477 e. The molecule has 48 heavy (non-hydrogen) atoms. The van der Waals surface area contributed by atoms with Crippen LogP contribution < -0.4 is 18.9 Å². The number of nitrogens with zero attached hydrogens (tertiary/aromatic N) is 2. The molecule has 2 spiro atoms. The minimum atomic E-state index is -0.899. The molecule has 0 N–H and O–H groups in total. The highest BCUT2D eigenvalue weighted by Crippen LogP contribution is 2.65. The van der Waals surface area contributed by atoms with E-state index >= 15 is 0 Å².